The molecule has 0 atom stereocenters. The predicted molar refractivity (Wildman–Crippen MR) is 107 cm³/mol. The van der Waals surface area contributed by atoms with Crippen LogP contribution in [-0.2, 0) is 6.54 Å². The lowest BCUT2D eigenvalue weighted by Crippen LogP contribution is -2.29. The van der Waals surface area contributed by atoms with Gasteiger partial charge in [-0.05, 0) is 69.0 Å². The zero-order valence-electron chi connectivity index (χ0n) is 15.1. The Hall–Kier alpha value is -1.87. The van der Waals surface area contributed by atoms with Crippen LogP contribution in [0.4, 0.5) is 11.4 Å². The Balaban J connectivity index is 1.62. The Morgan fingerprint density at radius 3 is 2.60 bits per heavy atom. The number of rotatable bonds is 6. The minimum absolute atomic E-state index is 0.185. The first-order valence-electron chi connectivity index (χ1n) is 9.16. The van der Waals surface area contributed by atoms with Gasteiger partial charge in [-0.15, -0.1) is 0 Å². The number of ether oxygens (including phenoxy) is 1. The summed E-state index contributed by atoms with van der Waals surface area (Å²) in [6.45, 7) is 7.03. The SMILES string of the molecule is CC(C)Oc1cccc(CNc2ccc(N3CCCCC3)c(Cl)c2)c1. The fourth-order valence-electron chi connectivity index (χ4n) is 3.21. The van der Waals surface area contributed by atoms with Crippen molar-refractivity contribution in [1.29, 1.82) is 0 Å². The molecular weight excluding hydrogens is 332 g/mol. The summed E-state index contributed by atoms with van der Waals surface area (Å²) >= 11 is 6.53. The third kappa shape index (κ3) is 5.05. The zero-order chi connectivity index (χ0) is 17.6. The third-order valence-corrected chi connectivity index (χ3v) is 4.71. The lowest BCUT2D eigenvalue weighted by Gasteiger charge is -2.29. The average Bonchev–Trinajstić information content (AvgIpc) is 2.60. The van der Waals surface area contributed by atoms with E-state index in [2.05, 4.69) is 34.5 Å². The maximum Gasteiger partial charge on any atom is 0.120 e. The van der Waals surface area contributed by atoms with E-state index < -0.39 is 0 Å². The molecule has 1 heterocycles. The first kappa shape index (κ1) is 17.9. The molecular formula is C21H27ClN2O. The highest BCUT2D eigenvalue weighted by Gasteiger charge is 2.14. The highest BCUT2D eigenvalue weighted by atomic mass is 35.5. The number of anilines is 2. The van der Waals surface area contributed by atoms with Gasteiger partial charge in [-0.2, -0.15) is 0 Å². The molecule has 0 amide bonds. The van der Waals surface area contributed by atoms with Crippen LogP contribution < -0.4 is 15.0 Å². The van der Waals surface area contributed by atoms with Gasteiger partial charge in [0, 0.05) is 25.3 Å². The molecule has 0 aromatic heterocycles. The molecule has 1 N–H and O–H groups in total. The van der Waals surface area contributed by atoms with Gasteiger partial charge in [0.05, 0.1) is 16.8 Å². The van der Waals surface area contributed by atoms with E-state index in [9.17, 15) is 0 Å². The van der Waals surface area contributed by atoms with Gasteiger partial charge in [0.1, 0.15) is 5.75 Å². The lowest BCUT2D eigenvalue weighted by atomic mass is 10.1. The van der Waals surface area contributed by atoms with E-state index >= 15 is 0 Å². The predicted octanol–water partition coefficient (Wildman–Crippen LogP) is 5.73. The summed E-state index contributed by atoms with van der Waals surface area (Å²) in [6.07, 6.45) is 4.02. The molecule has 0 spiro atoms. The Morgan fingerprint density at radius 1 is 1.08 bits per heavy atom. The summed E-state index contributed by atoms with van der Waals surface area (Å²) in [5.41, 5.74) is 3.38. The first-order valence-corrected chi connectivity index (χ1v) is 9.53. The van der Waals surface area contributed by atoms with E-state index in [-0.39, 0.29) is 6.10 Å². The van der Waals surface area contributed by atoms with Gasteiger partial charge in [0.15, 0.2) is 0 Å². The summed E-state index contributed by atoms with van der Waals surface area (Å²) in [4.78, 5) is 2.39. The van der Waals surface area contributed by atoms with E-state index in [0.29, 0.717) is 0 Å². The molecule has 134 valence electrons. The molecule has 0 saturated carbocycles. The van der Waals surface area contributed by atoms with Crippen LogP contribution in [0.1, 0.15) is 38.7 Å². The zero-order valence-corrected chi connectivity index (χ0v) is 15.9. The molecule has 0 bridgehead atoms. The molecule has 2 aromatic carbocycles. The molecule has 4 heteroatoms. The number of nitrogens with zero attached hydrogens (tertiary/aromatic N) is 1. The summed E-state index contributed by atoms with van der Waals surface area (Å²) < 4.78 is 5.75. The average molecular weight is 359 g/mol. The van der Waals surface area contributed by atoms with Crippen LogP contribution in [0.3, 0.4) is 0 Å². The van der Waals surface area contributed by atoms with Crippen molar-refractivity contribution in [2.45, 2.75) is 45.8 Å². The van der Waals surface area contributed by atoms with Gasteiger partial charge < -0.3 is 15.0 Å². The Kier molecular flexibility index (Phi) is 6.09. The number of piperidine rings is 1. The van der Waals surface area contributed by atoms with E-state index in [1.54, 1.807) is 0 Å². The van der Waals surface area contributed by atoms with Crippen molar-refractivity contribution in [2.24, 2.45) is 0 Å². The monoisotopic (exact) mass is 358 g/mol. The van der Waals surface area contributed by atoms with Crippen molar-refractivity contribution in [3.8, 4) is 5.75 Å². The molecule has 0 aliphatic carbocycles. The molecule has 3 nitrogen and oxygen atoms in total. The van der Waals surface area contributed by atoms with Crippen LogP contribution in [0.25, 0.3) is 0 Å². The van der Waals surface area contributed by atoms with Gasteiger partial charge in [0.25, 0.3) is 0 Å². The number of halogens is 1. The third-order valence-electron chi connectivity index (χ3n) is 4.41. The second-order valence-electron chi connectivity index (χ2n) is 6.88. The number of nitrogens with one attached hydrogen (secondary N) is 1. The van der Waals surface area contributed by atoms with Gasteiger partial charge in [-0.3, -0.25) is 0 Å². The molecule has 1 aliphatic heterocycles. The molecule has 0 unspecified atom stereocenters. The molecule has 2 aromatic rings. The van der Waals surface area contributed by atoms with E-state index in [1.165, 1.54) is 24.8 Å². The topological polar surface area (TPSA) is 24.5 Å². The quantitative estimate of drug-likeness (QED) is 0.713. The van der Waals surface area contributed by atoms with E-state index in [1.807, 2.05) is 32.0 Å². The van der Waals surface area contributed by atoms with E-state index in [4.69, 9.17) is 16.3 Å². The first-order chi connectivity index (χ1) is 12.1. The van der Waals surface area contributed by atoms with Crippen molar-refractivity contribution in [1.82, 2.24) is 0 Å². The maximum absolute atomic E-state index is 6.53. The lowest BCUT2D eigenvalue weighted by molar-refractivity contribution is 0.242. The number of hydrogen-bond donors (Lipinski definition) is 1. The Morgan fingerprint density at radius 2 is 1.88 bits per heavy atom. The van der Waals surface area contributed by atoms with Crippen molar-refractivity contribution < 1.29 is 4.74 Å². The van der Waals surface area contributed by atoms with Crippen molar-refractivity contribution in [3.05, 3.63) is 53.1 Å². The number of benzene rings is 2. The summed E-state index contributed by atoms with van der Waals surface area (Å²) in [7, 11) is 0. The summed E-state index contributed by atoms with van der Waals surface area (Å²) in [6, 6.07) is 14.5. The van der Waals surface area contributed by atoms with Crippen molar-refractivity contribution >= 4 is 23.0 Å². The van der Waals surface area contributed by atoms with Gasteiger partial charge in [-0.25, -0.2) is 0 Å². The number of hydrogen-bond acceptors (Lipinski definition) is 3. The summed E-state index contributed by atoms with van der Waals surface area (Å²) in [5, 5.41) is 4.28. The van der Waals surface area contributed by atoms with E-state index in [0.717, 1.165) is 41.8 Å². The second kappa shape index (κ2) is 8.48. The standard InChI is InChI=1S/C21H27ClN2O/c1-16(2)25-19-8-6-7-17(13-19)15-23-18-9-10-21(20(22)14-18)24-11-4-3-5-12-24/h6-10,13-14,16,23H,3-5,11-12,15H2,1-2H3. The summed E-state index contributed by atoms with van der Waals surface area (Å²) in [5.74, 6) is 0.910. The molecule has 1 fully saturated rings. The molecule has 25 heavy (non-hydrogen) atoms. The molecule has 0 radical (unpaired) electrons. The van der Waals surface area contributed by atoms with Crippen LogP contribution in [0, 0.1) is 0 Å². The van der Waals surface area contributed by atoms with Gasteiger partial charge in [0.2, 0.25) is 0 Å². The highest BCUT2D eigenvalue weighted by Crippen LogP contribution is 2.31. The minimum Gasteiger partial charge on any atom is -0.491 e. The van der Waals surface area contributed by atoms with Crippen LogP contribution in [-0.4, -0.2) is 19.2 Å². The Bertz CT molecular complexity index is 696. The largest absolute Gasteiger partial charge is 0.491 e. The fourth-order valence-corrected chi connectivity index (χ4v) is 3.51. The molecule has 1 saturated heterocycles. The van der Waals surface area contributed by atoms with Crippen LogP contribution in [0.15, 0.2) is 42.5 Å². The Labute approximate surface area is 155 Å². The highest BCUT2D eigenvalue weighted by molar-refractivity contribution is 6.33. The van der Waals surface area contributed by atoms with Crippen molar-refractivity contribution in [3.63, 3.8) is 0 Å². The molecule has 1 aliphatic rings. The van der Waals surface area contributed by atoms with Gasteiger partial charge in [-0.1, -0.05) is 23.7 Å². The van der Waals surface area contributed by atoms with Gasteiger partial charge >= 0.3 is 0 Å². The van der Waals surface area contributed by atoms with Crippen LogP contribution in [0.2, 0.25) is 5.02 Å². The second-order valence-corrected chi connectivity index (χ2v) is 7.29. The van der Waals surface area contributed by atoms with Crippen molar-refractivity contribution in [2.75, 3.05) is 23.3 Å². The minimum atomic E-state index is 0.185. The normalized spacial score (nSPS) is 14.6. The fraction of sp³-hybridized carbons (Fsp3) is 0.429. The molecule has 3 rings (SSSR count). The van der Waals surface area contributed by atoms with Crippen LogP contribution >= 0.6 is 11.6 Å². The smallest absolute Gasteiger partial charge is 0.120 e. The maximum atomic E-state index is 6.53. The van der Waals surface area contributed by atoms with Crippen LogP contribution in [0.5, 0.6) is 5.75 Å².